The van der Waals surface area contributed by atoms with Gasteiger partial charge in [0.25, 0.3) is 5.91 Å². The first-order valence-corrected chi connectivity index (χ1v) is 11.0. The molecule has 1 atom stereocenters. The van der Waals surface area contributed by atoms with E-state index in [0.29, 0.717) is 23.1 Å². The largest absolute Gasteiger partial charge is 0.462 e. The number of rotatable bonds is 5. The fourth-order valence-electron chi connectivity index (χ4n) is 3.28. The predicted molar refractivity (Wildman–Crippen MR) is 118 cm³/mol. The van der Waals surface area contributed by atoms with Gasteiger partial charge in [0, 0.05) is 11.9 Å². The number of carbonyl (C=O) groups excluding carboxylic acids is 2. The van der Waals surface area contributed by atoms with Gasteiger partial charge in [-0.05, 0) is 49.4 Å². The standard InChI is InChI=1S/C19H23ClN4O3S2/c1-4-7-27-18(26)14-11-6-5-10(2)8-13(11)29-17(14)23-19(28)22-16(25)15-12(20)9-21-24(15)3/h9-10H,4-8H2,1-3H3,(H2,22,23,25,28)/t10-/m1/s1. The van der Waals surface area contributed by atoms with Crippen LogP contribution in [0.3, 0.4) is 0 Å². The van der Waals surface area contributed by atoms with Crippen LogP contribution in [0.5, 0.6) is 0 Å². The monoisotopic (exact) mass is 454 g/mol. The summed E-state index contributed by atoms with van der Waals surface area (Å²) in [7, 11) is 1.62. The second kappa shape index (κ2) is 9.23. The lowest BCUT2D eigenvalue weighted by Crippen LogP contribution is -2.35. The van der Waals surface area contributed by atoms with Gasteiger partial charge in [-0.25, -0.2) is 4.79 Å². The van der Waals surface area contributed by atoms with Gasteiger partial charge < -0.3 is 10.1 Å². The van der Waals surface area contributed by atoms with Crippen LogP contribution in [0.2, 0.25) is 5.02 Å². The highest BCUT2D eigenvalue weighted by Crippen LogP contribution is 2.40. The van der Waals surface area contributed by atoms with E-state index in [1.807, 2.05) is 6.92 Å². The molecule has 10 heteroatoms. The van der Waals surface area contributed by atoms with Crippen LogP contribution in [0.4, 0.5) is 5.00 Å². The smallest absolute Gasteiger partial charge is 0.341 e. The third kappa shape index (κ3) is 4.79. The number of nitrogens with one attached hydrogen (secondary N) is 2. The molecule has 156 valence electrons. The third-order valence-corrected chi connectivity index (χ3v) is 6.37. The minimum atomic E-state index is -0.474. The van der Waals surface area contributed by atoms with E-state index in [-0.39, 0.29) is 21.8 Å². The number of aryl methyl sites for hydroxylation is 1. The molecule has 7 nitrogen and oxygen atoms in total. The quantitative estimate of drug-likeness (QED) is 0.525. The van der Waals surface area contributed by atoms with Gasteiger partial charge in [0.05, 0.1) is 23.4 Å². The molecule has 0 fully saturated rings. The lowest BCUT2D eigenvalue weighted by atomic mass is 9.88. The Morgan fingerprint density at radius 1 is 1.48 bits per heavy atom. The Hall–Kier alpha value is -1.97. The molecule has 3 rings (SSSR count). The van der Waals surface area contributed by atoms with E-state index >= 15 is 0 Å². The number of hydrogen-bond acceptors (Lipinski definition) is 6. The Balaban J connectivity index is 1.81. The van der Waals surface area contributed by atoms with Crippen molar-refractivity contribution in [2.24, 2.45) is 13.0 Å². The van der Waals surface area contributed by atoms with Gasteiger partial charge >= 0.3 is 5.97 Å². The number of fused-ring (bicyclic) bond motifs is 1. The molecular formula is C19H23ClN4O3S2. The summed E-state index contributed by atoms with van der Waals surface area (Å²) in [5.41, 5.74) is 1.76. The molecule has 0 bridgehead atoms. The molecule has 0 spiro atoms. The SMILES string of the molecule is CCCOC(=O)c1c(NC(=S)NC(=O)c2c(Cl)cnn2C)sc2c1CC[C@@H](C)C2. The van der Waals surface area contributed by atoms with Crippen LogP contribution in [-0.2, 0) is 24.6 Å². The van der Waals surface area contributed by atoms with E-state index < -0.39 is 5.91 Å². The summed E-state index contributed by atoms with van der Waals surface area (Å²) in [6.45, 7) is 4.51. The molecule has 2 heterocycles. The molecule has 1 aliphatic carbocycles. The molecule has 0 aliphatic heterocycles. The number of amides is 1. The topological polar surface area (TPSA) is 85.2 Å². The molecule has 29 heavy (non-hydrogen) atoms. The van der Waals surface area contributed by atoms with Crippen molar-refractivity contribution in [3.63, 3.8) is 0 Å². The molecule has 0 saturated heterocycles. The molecule has 2 N–H and O–H groups in total. The van der Waals surface area contributed by atoms with Gasteiger partial charge in [-0.1, -0.05) is 25.4 Å². The Bertz CT molecular complexity index is 934. The number of halogens is 1. The van der Waals surface area contributed by atoms with Crippen LogP contribution in [0.25, 0.3) is 0 Å². The highest BCUT2D eigenvalue weighted by Gasteiger charge is 2.29. The van der Waals surface area contributed by atoms with Crippen LogP contribution in [-0.4, -0.2) is 33.4 Å². The van der Waals surface area contributed by atoms with Gasteiger partial charge in [0.15, 0.2) is 5.11 Å². The van der Waals surface area contributed by atoms with Crippen LogP contribution in [0, 0.1) is 5.92 Å². The minimum absolute atomic E-state index is 0.0865. The zero-order valence-electron chi connectivity index (χ0n) is 16.5. The van der Waals surface area contributed by atoms with Gasteiger partial charge in [-0.15, -0.1) is 11.3 Å². The summed E-state index contributed by atoms with van der Waals surface area (Å²) in [6, 6.07) is 0. The molecule has 0 radical (unpaired) electrons. The lowest BCUT2D eigenvalue weighted by Gasteiger charge is -2.18. The first-order valence-electron chi connectivity index (χ1n) is 9.43. The van der Waals surface area contributed by atoms with Crippen molar-refractivity contribution < 1.29 is 14.3 Å². The summed E-state index contributed by atoms with van der Waals surface area (Å²) < 4.78 is 6.76. The fourth-order valence-corrected chi connectivity index (χ4v) is 5.20. The van der Waals surface area contributed by atoms with Gasteiger partial charge in [0.2, 0.25) is 0 Å². The molecule has 0 aromatic carbocycles. The fraction of sp³-hybridized carbons (Fsp3) is 0.474. The first-order chi connectivity index (χ1) is 13.8. The minimum Gasteiger partial charge on any atom is -0.462 e. The number of thiophene rings is 1. The van der Waals surface area contributed by atoms with Crippen molar-refractivity contribution in [1.29, 1.82) is 0 Å². The van der Waals surface area contributed by atoms with Gasteiger partial charge in [-0.2, -0.15) is 5.10 Å². The number of ether oxygens (including phenoxy) is 1. The lowest BCUT2D eigenvalue weighted by molar-refractivity contribution is 0.0505. The second-order valence-corrected chi connectivity index (χ2v) is 8.99. The number of nitrogens with zero attached hydrogens (tertiary/aromatic N) is 2. The van der Waals surface area contributed by atoms with Crippen molar-refractivity contribution in [3.8, 4) is 0 Å². The number of esters is 1. The molecule has 1 amide bonds. The maximum absolute atomic E-state index is 12.7. The average Bonchev–Trinajstić information content (AvgIpc) is 3.18. The summed E-state index contributed by atoms with van der Waals surface area (Å²) in [6.07, 6.45) is 4.91. The molecule has 2 aromatic rings. The molecular weight excluding hydrogens is 432 g/mol. The molecule has 0 unspecified atom stereocenters. The predicted octanol–water partition coefficient (Wildman–Crippen LogP) is 3.95. The van der Waals surface area contributed by atoms with Crippen molar-refractivity contribution in [3.05, 3.63) is 32.9 Å². The zero-order valence-corrected chi connectivity index (χ0v) is 18.9. The van der Waals surface area contributed by atoms with Gasteiger partial charge in [-0.3, -0.25) is 14.8 Å². The Morgan fingerprint density at radius 3 is 2.90 bits per heavy atom. The highest BCUT2D eigenvalue weighted by atomic mass is 35.5. The van der Waals surface area contributed by atoms with Crippen LogP contribution < -0.4 is 10.6 Å². The Labute approximate surface area is 183 Å². The highest BCUT2D eigenvalue weighted by molar-refractivity contribution is 7.80. The van der Waals surface area contributed by atoms with Crippen molar-refractivity contribution in [1.82, 2.24) is 15.1 Å². The van der Waals surface area contributed by atoms with Crippen molar-refractivity contribution >= 4 is 57.1 Å². The van der Waals surface area contributed by atoms with Crippen molar-refractivity contribution in [2.75, 3.05) is 11.9 Å². The first kappa shape index (κ1) is 21.7. The summed E-state index contributed by atoms with van der Waals surface area (Å²) in [5.74, 6) is -0.269. The van der Waals surface area contributed by atoms with Crippen LogP contribution >= 0.6 is 35.2 Å². The summed E-state index contributed by atoms with van der Waals surface area (Å²) in [4.78, 5) is 26.3. The third-order valence-electron chi connectivity index (χ3n) is 4.72. The number of aromatic nitrogens is 2. The summed E-state index contributed by atoms with van der Waals surface area (Å²) >= 11 is 12.8. The number of hydrogen-bond donors (Lipinski definition) is 2. The Kier molecular flexibility index (Phi) is 6.92. The van der Waals surface area contributed by atoms with E-state index in [9.17, 15) is 9.59 Å². The Morgan fingerprint density at radius 2 is 2.24 bits per heavy atom. The van der Waals surface area contributed by atoms with Crippen molar-refractivity contribution in [2.45, 2.75) is 39.5 Å². The number of carbonyl (C=O) groups is 2. The van der Waals surface area contributed by atoms with E-state index in [2.05, 4.69) is 22.7 Å². The second-order valence-electron chi connectivity index (χ2n) is 7.06. The van der Waals surface area contributed by atoms with Crippen LogP contribution in [0.15, 0.2) is 6.20 Å². The molecule has 2 aromatic heterocycles. The van der Waals surface area contributed by atoms with E-state index in [1.165, 1.54) is 27.1 Å². The number of thiocarbonyl (C=S) groups is 1. The number of anilines is 1. The average molecular weight is 455 g/mol. The normalized spacial score (nSPS) is 15.5. The maximum Gasteiger partial charge on any atom is 0.341 e. The van der Waals surface area contributed by atoms with E-state index in [1.54, 1.807) is 7.05 Å². The van der Waals surface area contributed by atoms with Crippen LogP contribution in [0.1, 0.15) is 58.0 Å². The molecule has 1 aliphatic rings. The van der Waals surface area contributed by atoms with E-state index in [0.717, 1.165) is 31.2 Å². The summed E-state index contributed by atoms with van der Waals surface area (Å²) in [5, 5.41) is 10.5. The van der Waals surface area contributed by atoms with Gasteiger partial charge in [0.1, 0.15) is 10.7 Å². The maximum atomic E-state index is 12.7. The van der Waals surface area contributed by atoms with E-state index in [4.69, 9.17) is 28.6 Å². The zero-order chi connectivity index (χ0) is 21.1. The molecule has 0 saturated carbocycles.